The van der Waals surface area contributed by atoms with E-state index in [4.69, 9.17) is 0 Å². The van der Waals surface area contributed by atoms with Crippen molar-refractivity contribution in [3.8, 4) is 11.3 Å². The minimum atomic E-state index is 0.146. The van der Waals surface area contributed by atoms with Crippen LogP contribution in [0, 0.1) is 0 Å². The van der Waals surface area contributed by atoms with Gasteiger partial charge in [0.1, 0.15) is 0 Å². The quantitative estimate of drug-likeness (QED) is 0.645. The van der Waals surface area contributed by atoms with Crippen molar-refractivity contribution < 1.29 is 0 Å². The molecule has 152 valence electrons. The Hall–Kier alpha value is -2.53. The fourth-order valence-corrected chi connectivity index (χ4v) is 4.68. The third kappa shape index (κ3) is 3.71. The molecule has 3 heterocycles. The molecule has 0 amide bonds. The molecule has 0 aliphatic carbocycles. The first-order valence-electron chi connectivity index (χ1n) is 10.3. The Bertz CT molecular complexity index is 991. The van der Waals surface area contributed by atoms with E-state index >= 15 is 0 Å². The zero-order chi connectivity index (χ0) is 20.8. The van der Waals surface area contributed by atoms with E-state index in [2.05, 4.69) is 97.1 Å². The van der Waals surface area contributed by atoms with Crippen LogP contribution in [0.1, 0.15) is 40.5 Å². The molecule has 1 aliphatic rings. The van der Waals surface area contributed by atoms with Crippen molar-refractivity contribution in [3.63, 3.8) is 0 Å². The number of nitrogens with zero attached hydrogens (tertiary/aromatic N) is 5. The van der Waals surface area contributed by atoms with Gasteiger partial charge < -0.3 is 4.90 Å². The maximum atomic E-state index is 4.57. The first-order valence-corrected chi connectivity index (χ1v) is 10.3. The molecule has 0 unspecified atom stereocenters. The molecule has 1 aliphatic heterocycles. The highest BCUT2D eigenvalue weighted by atomic mass is 15.3. The van der Waals surface area contributed by atoms with E-state index in [1.807, 2.05) is 18.3 Å². The molecule has 2 aromatic heterocycles. The molecule has 0 N–H and O–H groups in total. The Morgan fingerprint density at radius 3 is 2.34 bits per heavy atom. The topological polar surface area (TPSA) is 45.2 Å². The zero-order valence-corrected chi connectivity index (χ0v) is 18.3. The van der Waals surface area contributed by atoms with Gasteiger partial charge in [0.2, 0.25) is 0 Å². The monoisotopic (exact) mass is 389 g/mol. The normalized spacial score (nSPS) is 19.4. The lowest BCUT2D eigenvalue weighted by Gasteiger charge is -2.55. The van der Waals surface area contributed by atoms with Gasteiger partial charge in [0.05, 0.1) is 11.2 Å². The predicted molar refractivity (Wildman–Crippen MR) is 120 cm³/mol. The molecule has 29 heavy (non-hydrogen) atoms. The number of rotatable bonds is 3. The van der Waals surface area contributed by atoms with Gasteiger partial charge in [-0.3, -0.25) is 9.88 Å². The molecule has 0 atom stereocenters. The van der Waals surface area contributed by atoms with Gasteiger partial charge >= 0.3 is 0 Å². The molecule has 1 saturated heterocycles. The Morgan fingerprint density at radius 2 is 1.69 bits per heavy atom. The molecule has 3 aromatic rings. The summed E-state index contributed by atoms with van der Waals surface area (Å²) in [7, 11) is 4.39. The summed E-state index contributed by atoms with van der Waals surface area (Å²) in [6, 6.07) is 14.8. The van der Waals surface area contributed by atoms with Crippen molar-refractivity contribution in [1.82, 2.24) is 20.1 Å². The van der Waals surface area contributed by atoms with E-state index in [0.717, 1.165) is 40.8 Å². The van der Waals surface area contributed by atoms with Crippen LogP contribution in [-0.4, -0.2) is 51.3 Å². The summed E-state index contributed by atoms with van der Waals surface area (Å²) in [6.07, 6.45) is 4.02. The van der Waals surface area contributed by atoms with Crippen LogP contribution in [-0.2, 0) is 0 Å². The molecular formula is C24H31N5. The first-order chi connectivity index (χ1) is 13.7. The van der Waals surface area contributed by atoms with E-state index in [0.29, 0.717) is 6.04 Å². The largest absolute Gasteiger partial charge is 0.355 e. The second kappa shape index (κ2) is 7.06. The molecule has 0 radical (unpaired) electrons. The van der Waals surface area contributed by atoms with Gasteiger partial charge in [0.15, 0.2) is 5.82 Å². The minimum Gasteiger partial charge on any atom is -0.355 e. The lowest BCUT2D eigenvalue weighted by atomic mass is 9.77. The fourth-order valence-electron chi connectivity index (χ4n) is 4.68. The SMILES string of the molecule is CN(c1ccc(-c2ccc3ncccc3c2)nn1)C1CC(C)(C)N(C)C(C)(C)C1. The van der Waals surface area contributed by atoms with Crippen LogP contribution in [0.25, 0.3) is 22.2 Å². The van der Waals surface area contributed by atoms with Crippen LogP contribution in [0.3, 0.4) is 0 Å². The molecule has 5 heteroatoms. The number of likely N-dealkylation sites (tertiary alicyclic amines) is 1. The highest BCUT2D eigenvalue weighted by Crippen LogP contribution is 2.39. The van der Waals surface area contributed by atoms with Crippen LogP contribution in [0.15, 0.2) is 48.7 Å². The van der Waals surface area contributed by atoms with Crippen LogP contribution < -0.4 is 4.90 Å². The van der Waals surface area contributed by atoms with Crippen molar-refractivity contribution in [2.24, 2.45) is 0 Å². The average Bonchev–Trinajstić information content (AvgIpc) is 2.70. The number of anilines is 1. The van der Waals surface area contributed by atoms with E-state index in [1.54, 1.807) is 0 Å². The molecule has 1 fully saturated rings. The Labute approximate surface area is 173 Å². The van der Waals surface area contributed by atoms with E-state index < -0.39 is 0 Å². The molecule has 0 bridgehead atoms. The maximum absolute atomic E-state index is 4.57. The summed E-state index contributed by atoms with van der Waals surface area (Å²) in [5.74, 6) is 0.928. The second-order valence-electron chi connectivity index (χ2n) is 9.54. The van der Waals surface area contributed by atoms with Crippen molar-refractivity contribution in [2.45, 2.75) is 57.7 Å². The molecular weight excluding hydrogens is 358 g/mol. The summed E-state index contributed by atoms with van der Waals surface area (Å²) >= 11 is 0. The van der Waals surface area contributed by atoms with Gasteiger partial charge in [0, 0.05) is 41.3 Å². The maximum Gasteiger partial charge on any atom is 0.151 e. The molecule has 1 aromatic carbocycles. The van der Waals surface area contributed by atoms with Gasteiger partial charge in [-0.05, 0) is 77.9 Å². The van der Waals surface area contributed by atoms with Crippen LogP contribution in [0.4, 0.5) is 5.82 Å². The van der Waals surface area contributed by atoms with E-state index in [-0.39, 0.29) is 11.1 Å². The van der Waals surface area contributed by atoms with Crippen LogP contribution >= 0.6 is 0 Å². The zero-order valence-electron chi connectivity index (χ0n) is 18.3. The molecule has 0 saturated carbocycles. The van der Waals surface area contributed by atoms with Gasteiger partial charge in [0.25, 0.3) is 0 Å². The molecule has 4 rings (SSSR count). The van der Waals surface area contributed by atoms with Crippen LogP contribution in [0.2, 0.25) is 0 Å². The van der Waals surface area contributed by atoms with E-state index in [9.17, 15) is 0 Å². The predicted octanol–water partition coefficient (Wildman–Crippen LogP) is 4.78. The Kier molecular flexibility index (Phi) is 4.82. The number of pyridine rings is 1. The van der Waals surface area contributed by atoms with Gasteiger partial charge in [-0.15, -0.1) is 10.2 Å². The summed E-state index contributed by atoms with van der Waals surface area (Å²) in [4.78, 5) is 9.20. The van der Waals surface area contributed by atoms with Crippen molar-refractivity contribution in [1.29, 1.82) is 0 Å². The molecule has 5 nitrogen and oxygen atoms in total. The van der Waals surface area contributed by atoms with Crippen molar-refractivity contribution >= 4 is 16.7 Å². The van der Waals surface area contributed by atoms with Crippen LogP contribution in [0.5, 0.6) is 0 Å². The summed E-state index contributed by atoms with van der Waals surface area (Å²) < 4.78 is 0. The summed E-state index contributed by atoms with van der Waals surface area (Å²) in [5, 5.41) is 10.2. The summed E-state index contributed by atoms with van der Waals surface area (Å²) in [6.45, 7) is 9.33. The number of aromatic nitrogens is 3. The standard InChI is InChI=1S/C24H31N5/c1-23(2)15-19(16-24(3,4)29(23)6)28(5)22-12-11-21(26-27-22)18-9-10-20-17(14-18)8-7-13-25-20/h7-14,19H,15-16H2,1-6H3. The lowest BCUT2D eigenvalue weighted by Crippen LogP contribution is -2.62. The first kappa shape index (κ1) is 19.8. The number of benzene rings is 1. The third-order valence-corrected chi connectivity index (χ3v) is 6.74. The van der Waals surface area contributed by atoms with Gasteiger partial charge in [-0.2, -0.15) is 0 Å². The summed E-state index contributed by atoms with van der Waals surface area (Å²) in [5.41, 5.74) is 3.24. The number of hydrogen-bond donors (Lipinski definition) is 0. The van der Waals surface area contributed by atoms with E-state index in [1.165, 1.54) is 0 Å². The van der Waals surface area contributed by atoms with Gasteiger partial charge in [-0.25, -0.2) is 0 Å². The van der Waals surface area contributed by atoms with Crippen molar-refractivity contribution in [3.05, 3.63) is 48.7 Å². The Balaban J connectivity index is 1.57. The second-order valence-corrected chi connectivity index (χ2v) is 9.54. The average molecular weight is 390 g/mol. The highest BCUT2D eigenvalue weighted by Gasteiger charge is 2.44. The lowest BCUT2D eigenvalue weighted by molar-refractivity contribution is -0.0120. The molecule has 0 spiro atoms. The highest BCUT2D eigenvalue weighted by molar-refractivity contribution is 5.83. The van der Waals surface area contributed by atoms with Crippen molar-refractivity contribution in [2.75, 3.05) is 19.0 Å². The number of piperidine rings is 1. The smallest absolute Gasteiger partial charge is 0.151 e. The minimum absolute atomic E-state index is 0.146. The number of hydrogen-bond acceptors (Lipinski definition) is 5. The third-order valence-electron chi connectivity index (χ3n) is 6.74. The Morgan fingerprint density at radius 1 is 0.966 bits per heavy atom. The van der Waals surface area contributed by atoms with Gasteiger partial charge in [-0.1, -0.05) is 12.1 Å². The number of fused-ring (bicyclic) bond motifs is 1. The fraction of sp³-hybridized carbons (Fsp3) is 0.458.